The molecular weight excluding hydrogens is 299 g/mol. The van der Waals surface area contributed by atoms with Gasteiger partial charge in [0, 0.05) is 50.1 Å². The van der Waals surface area contributed by atoms with Crippen molar-refractivity contribution in [3.8, 4) is 0 Å². The molecule has 2 rings (SSSR count). The summed E-state index contributed by atoms with van der Waals surface area (Å²) in [6.07, 6.45) is 5.61. The highest BCUT2D eigenvalue weighted by Gasteiger charge is 2.06. The van der Waals surface area contributed by atoms with Gasteiger partial charge < -0.3 is 10.6 Å². The maximum Gasteiger partial charge on any atom is 0.251 e. The summed E-state index contributed by atoms with van der Waals surface area (Å²) < 4.78 is 12.8. The van der Waals surface area contributed by atoms with Crippen LogP contribution in [0.25, 0.3) is 0 Å². The van der Waals surface area contributed by atoms with Gasteiger partial charge in [-0.15, -0.1) is 0 Å². The third kappa shape index (κ3) is 5.82. The molecule has 1 heterocycles. The molecule has 0 saturated heterocycles. The minimum atomic E-state index is -0.399. The van der Waals surface area contributed by atoms with E-state index in [2.05, 4.69) is 20.6 Å². The first-order chi connectivity index (χ1) is 11.1. The number of carbonyl (C=O) groups excluding carboxylic acids is 2. The van der Waals surface area contributed by atoms with Crippen LogP contribution in [0.1, 0.15) is 22.5 Å². The Balaban J connectivity index is 1.62. The number of hydrogen-bond acceptors (Lipinski definition) is 4. The van der Waals surface area contributed by atoms with Gasteiger partial charge in [0.25, 0.3) is 5.91 Å². The van der Waals surface area contributed by atoms with E-state index in [-0.39, 0.29) is 24.8 Å². The zero-order valence-corrected chi connectivity index (χ0v) is 12.5. The fourth-order valence-corrected chi connectivity index (χ4v) is 1.87. The Labute approximate surface area is 133 Å². The highest BCUT2D eigenvalue weighted by Crippen LogP contribution is 2.02. The lowest BCUT2D eigenvalue weighted by atomic mass is 10.2. The average Bonchev–Trinajstić information content (AvgIpc) is 2.56. The summed E-state index contributed by atoms with van der Waals surface area (Å²) >= 11 is 0. The van der Waals surface area contributed by atoms with Gasteiger partial charge in [-0.05, 0) is 24.3 Å². The van der Waals surface area contributed by atoms with Crippen molar-refractivity contribution in [2.24, 2.45) is 0 Å². The van der Waals surface area contributed by atoms with E-state index in [1.807, 2.05) is 0 Å². The van der Waals surface area contributed by atoms with E-state index in [1.54, 1.807) is 18.6 Å². The van der Waals surface area contributed by atoms with Crippen molar-refractivity contribution in [3.05, 3.63) is 59.9 Å². The number of halogens is 1. The van der Waals surface area contributed by atoms with E-state index < -0.39 is 5.82 Å². The van der Waals surface area contributed by atoms with E-state index in [9.17, 15) is 14.0 Å². The van der Waals surface area contributed by atoms with Crippen LogP contribution < -0.4 is 10.6 Å². The molecule has 1 aromatic carbocycles. The van der Waals surface area contributed by atoms with Crippen LogP contribution in [-0.4, -0.2) is 34.9 Å². The normalized spacial score (nSPS) is 10.1. The standard InChI is InChI=1S/C16H17FN4O2/c17-13-3-1-12(2-4-13)16(23)21-8-6-15(22)20-7-5-14-11-18-9-10-19-14/h1-4,9-11H,5-8H2,(H,20,22)(H,21,23). The molecule has 0 saturated carbocycles. The molecule has 0 fully saturated rings. The number of nitrogens with one attached hydrogen (secondary N) is 2. The number of hydrogen-bond donors (Lipinski definition) is 2. The molecule has 23 heavy (non-hydrogen) atoms. The van der Waals surface area contributed by atoms with Crippen LogP contribution in [0.3, 0.4) is 0 Å². The third-order valence-electron chi connectivity index (χ3n) is 3.06. The van der Waals surface area contributed by atoms with Crippen LogP contribution in [0, 0.1) is 5.82 Å². The highest BCUT2D eigenvalue weighted by molar-refractivity contribution is 5.94. The smallest absolute Gasteiger partial charge is 0.251 e. The molecule has 0 aliphatic carbocycles. The summed E-state index contributed by atoms with van der Waals surface area (Å²) in [5, 5.41) is 5.36. The molecule has 0 radical (unpaired) electrons. The Morgan fingerprint density at radius 2 is 1.83 bits per heavy atom. The molecule has 0 bridgehead atoms. The fourth-order valence-electron chi connectivity index (χ4n) is 1.87. The monoisotopic (exact) mass is 316 g/mol. The summed E-state index contributed by atoms with van der Waals surface area (Å²) in [5.41, 5.74) is 1.16. The summed E-state index contributed by atoms with van der Waals surface area (Å²) in [5.74, 6) is -0.894. The number of rotatable bonds is 7. The molecule has 7 heteroatoms. The number of carbonyl (C=O) groups is 2. The van der Waals surface area contributed by atoms with Gasteiger partial charge in [-0.1, -0.05) is 0 Å². The van der Waals surface area contributed by atoms with Gasteiger partial charge in [0.2, 0.25) is 5.91 Å². The van der Waals surface area contributed by atoms with Crippen LogP contribution >= 0.6 is 0 Å². The van der Waals surface area contributed by atoms with Crippen molar-refractivity contribution in [1.82, 2.24) is 20.6 Å². The second-order valence-corrected chi connectivity index (χ2v) is 4.81. The van der Waals surface area contributed by atoms with Crippen LogP contribution in [0.4, 0.5) is 4.39 Å². The maximum atomic E-state index is 12.8. The first-order valence-electron chi connectivity index (χ1n) is 7.20. The lowest BCUT2D eigenvalue weighted by molar-refractivity contribution is -0.120. The lowest BCUT2D eigenvalue weighted by Gasteiger charge is -2.06. The van der Waals surface area contributed by atoms with Gasteiger partial charge >= 0.3 is 0 Å². The van der Waals surface area contributed by atoms with Gasteiger partial charge in [0.05, 0.1) is 5.69 Å². The predicted octanol–water partition coefficient (Wildman–Crippen LogP) is 1.09. The number of benzene rings is 1. The van der Waals surface area contributed by atoms with E-state index >= 15 is 0 Å². The zero-order valence-electron chi connectivity index (χ0n) is 12.5. The largest absolute Gasteiger partial charge is 0.356 e. The first-order valence-corrected chi connectivity index (χ1v) is 7.20. The van der Waals surface area contributed by atoms with E-state index in [0.717, 1.165) is 5.69 Å². The third-order valence-corrected chi connectivity index (χ3v) is 3.06. The molecule has 1 aromatic heterocycles. The van der Waals surface area contributed by atoms with Crippen molar-refractivity contribution in [3.63, 3.8) is 0 Å². The van der Waals surface area contributed by atoms with Crippen molar-refractivity contribution in [2.75, 3.05) is 13.1 Å². The number of amides is 2. The summed E-state index contributed by atoms with van der Waals surface area (Å²) in [6, 6.07) is 5.22. The van der Waals surface area contributed by atoms with Crippen LogP contribution in [0.2, 0.25) is 0 Å². The second kappa shape index (κ2) is 8.57. The van der Waals surface area contributed by atoms with Gasteiger partial charge in [-0.2, -0.15) is 0 Å². The Kier molecular flexibility index (Phi) is 6.17. The molecule has 0 aliphatic heterocycles. The van der Waals surface area contributed by atoms with E-state index in [0.29, 0.717) is 18.5 Å². The average molecular weight is 316 g/mol. The van der Waals surface area contributed by atoms with Crippen LogP contribution in [0.5, 0.6) is 0 Å². The molecule has 2 aromatic rings. The van der Waals surface area contributed by atoms with Crippen LogP contribution in [-0.2, 0) is 11.2 Å². The molecule has 120 valence electrons. The van der Waals surface area contributed by atoms with E-state index in [1.165, 1.54) is 24.3 Å². The van der Waals surface area contributed by atoms with Crippen molar-refractivity contribution < 1.29 is 14.0 Å². The first kappa shape index (κ1) is 16.5. The van der Waals surface area contributed by atoms with Crippen molar-refractivity contribution in [1.29, 1.82) is 0 Å². The summed E-state index contributed by atoms with van der Waals surface area (Å²) in [4.78, 5) is 31.4. The Morgan fingerprint density at radius 3 is 2.52 bits per heavy atom. The molecule has 2 N–H and O–H groups in total. The molecule has 2 amide bonds. The quantitative estimate of drug-likeness (QED) is 0.801. The summed E-state index contributed by atoms with van der Waals surface area (Å²) in [7, 11) is 0. The Bertz CT molecular complexity index is 647. The van der Waals surface area contributed by atoms with Gasteiger partial charge in [-0.25, -0.2) is 4.39 Å². The zero-order chi connectivity index (χ0) is 16.5. The molecule has 0 unspecified atom stereocenters. The maximum absolute atomic E-state index is 12.8. The lowest BCUT2D eigenvalue weighted by Crippen LogP contribution is -2.31. The summed E-state index contributed by atoms with van der Waals surface area (Å²) in [6.45, 7) is 0.677. The van der Waals surface area contributed by atoms with Crippen molar-refractivity contribution >= 4 is 11.8 Å². The molecule has 0 aliphatic rings. The molecule has 0 atom stereocenters. The predicted molar refractivity (Wildman–Crippen MR) is 82.1 cm³/mol. The highest BCUT2D eigenvalue weighted by atomic mass is 19.1. The van der Waals surface area contributed by atoms with Gasteiger partial charge in [-0.3, -0.25) is 19.6 Å². The topological polar surface area (TPSA) is 84.0 Å². The fraction of sp³-hybridized carbons (Fsp3) is 0.250. The molecule has 6 nitrogen and oxygen atoms in total. The Hall–Kier alpha value is -2.83. The number of aromatic nitrogens is 2. The number of nitrogens with zero attached hydrogens (tertiary/aromatic N) is 2. The van der Waals surface area contributed by atoms with Gasteiger partial charge in [0.15, 0.2) is 0 Å². The van der Waals surface area contributed by atoms with Crippen molar-refractivity contribution in [2.45, 2.75) is 12.8 Å². The second-order valence-electron chi connectivity index (χ2n) is 4.81. The SMILES string of the molecule is O=C(CCNC(=O)c1ccc(F)cc1)NCCc1cnccn1. The molecule has 0 spiro atoms. The minimum absolute atomic E-state index is 0.159. The van der Waals surface area contributed by atoms with Crippen LogP contribution in [0.15, 0.2) is 42.9 Å². The van der Waals surface area contributed by atoms with Gasteiger partial charge in [0.1, 0.15) is 5.82 Å². The molecular formula is C16H17FN4O2. The minimum Gasteiger partial charge on any atom is -0.356 e. The van der Waals surface area contributed by atoms with E-state index in [4.69, 9.17) is 0 Å². The Morgan fingerprint density at radius 1 is 1.04 bits per heavy atom.